The molecule has 0 aliphatic heterocycles. The van der Waals surface area contributed by atoms with Crippen LogP contribution in [0.25, 0.3) is 0 Å². The molecule has 0 amide bonds. The number of rotatable bonds is 7. The van der Waals surface area contributed by atoms with Gasteiger partial charge in [-0.05, 0) is 59.4 Å². The Morgan fingerprint density at radius 2 is 2.00 bits per heavy atom. The zero-order chi connectivity index (χ0) is 14.4. The number of benzene rings is 1. The lowest BCUT2D eigenvalue weighted by atomic mass is 10.0. The van der Waals surface area contributed by atoms with Gasteiger partial charge in [-0.1, -0.05) is 19.9 Å². The van der Waals surface area contributed by atoms with Crippen molar-refractivity contribution in [2.45, 2.75) is 39.3 Å². The summed E-state index contributed by atoms with van der Waals surface area (Å²) < 4.78 is 6.18. The number of halogens is 1. The maximum Gasteiger partial charge on any atom is 0.133 e. The minimum atomic E-state index is -0.234. The van der Waals surface area contributed by atoms with Gasteiger partial charge in [0.2, 0.25) is 0 Å². The van der Waals surface area contributed by atoms with Crippen LogP contribution in [0, 0.1) is 5.92 Å². The van der Waals surface area contributed by atoms with E-state index in [2.05, 4.69) is 40.3 Å². The number of methoxy groups -OCH3 is 1. The Bertz CT molecular complexity index is 396. The zero-order valence-corrected chi connectivity index (χ0v) is 13.7. The van der Waals surface area contributed by atoms with E-state index >= 15 is 0 Å². The molecule has 0 aromatic heterocycles. The van der Waals surface area contributed by atoms with Gasteiger partial charge in [-0.2, -0.15) is 0 Å². The molecule has 1 rings (SSSR count). The highest BCUT2D eigenvalue weighted by atomic mass is 79.9. The van der Waals surface area contributed by atoms with E-state index in [1.807, 2.05) is 19.9 Å². The fourth-order valence-corrected chi connectivity index (χ4v) is 2.41. The second-order valence-corrected chi connectivity index (χ2v) is 6.02. The van der Waals surface area contributed by atoms with Gasteiger partial charge in [-0.25, -0.2) is 0 Å². The van der Waals surface area contributed by atoms with Crippen molar-refractivity contribution < 1.29 is 9.84 Å². The Balaban J connectivity index is 2.49. The van der Waals surface area contributed by atoms with E-state index in [9.17, 15) is 5.11 Å². The number of aliphatic hydroxyl groups excluding tert-OH is 1. The second kappa shape index (κ2) is 7.88. The summed E-state index contributed by atoms with van der Waals surface area (Å²) >= 11 is 3.49. The highest BCUT2D eigenvalue weighted by molar-refractivity contribution is 9.10. The SMILES string of the molecule is COc1ccc(C(C)NCCC(O)C(C)C)cc1Br. The van der Waals surface area contributed by atoms with Crippen LogP contribution in [0.4, 0.5) is 0 Å². The summed E-state index contributed by atoms with van der Waals surface area (Å²) in [6.45, 7) is 7.00. The Morgan fingerprint density at radius 1 is 1.32 bits per heavy atom. The maximum absolute atomic E-state index is 9.76. The van der Waals surface area contributed by atoms with E-state index in [0.717, 1.165) is 23.2 Å². The van der Waals surface area contributed by atoms with Crippen molar-refractivity contribution in [1.29, 1.82) is 0 Å². The molecule has 2 atom stereocenters. The van der Waals surface area contributed by atoms with E-state index < -0.39 is 0 Å². The van der Waals surface area contributed by atoms with Crippen molar-refractivity contribution >= 4 is 15.9 Å². The molecule has 1 aromatic rings. The van der Waals surface area contributed by atoms with Crippen LogP contribution >= 0.6 is 15.9 Å². The van der Waals surface area contributed by atoms with Crippen LogP contribution in [0.2, 0.25) is 0 Å². The predicted octanol–water partition coefficient (Wildman–Crippen LogP) is 3.52. The first kappa shape index (κ1) is 16.5. The first-order valence-corrected chi connectivity index (χ1v) is 7.50. The molecule has 4 heteroatoms. The van der Waals surface area contributed by atoms with Crippen LogP contribution in [0.3, 0.4) is 0 Å². The number of hydrogen-bond donors (Lipinski definition) is 2. The van der Waals surface area contributed by atoms with Gasteiger partial charge < -0.3 is 15.2 Å². The molecule has 0 heterocycles. The molecule has 0 fully saturated rings. The fraction of sp³-hybridized carbons (Fsp3) is 0.600. The van der Waals surface area contributed by atoms with Crippen LogP contribution < -0.4 is 10.1 Å². The van der Waals surface area contributed by atoms with Crippen LogP contribution in [0.15, 0.2) is 22.7 Å². The summed E-state index contributed by atoms with van der Waals surface area (Å²) in [5.74, 6) is 1.15. The number of hydrogen-bond acceptors (Lipinski definition) is 3. The average molecular weight is 330 g/mol. The topological polar surface area (TPSA) is 41.5 Å². The van der Waals surface area contributed by atoms with Gasteiger partial charge in [-0.3, -0.25) is 0 Å². The molecule has 0 saturated heterocycles. The van der Waals surface area contributed by atoms with Crippen molar-refractivity contribution in [3.63, 3.8) is 0 Å². The Kier molecular flexibility index (Phi) is 6.83. The molecule has 108 valence electrons. The normalized spacial score (nSPS) is 14.5. The first-order valence-electron chi connectivity index (χ1n) is 6.70. The lowest BCUT2D eigenvalue weighted by Crippen LogP contribution is -2.25. The molecule has 2 N–H and O–H groups in total. The summed E-state index contributed by atoms with van der Waals surface area (Å²) in [6, 6.07) is 6.33. The number of ether oxygens (including phenoxy) is 1. The third-order valence-electron chi connectivity index (χ3n) is 3.34. The van der Waals surface area contributed by atoms with Gasteiger partial charge in [0, 0.05) is 6.04 Å². The quantitative estimate of drug-likeness (QED) is 0.804. The minimum absolute atomic E-state index is 0.234. The minimum Gasteiger partial charge on any atom is -0.496 e. The van der Waals surface area contributed by atoms with Gasteiger partial charge in [-0.15, -0.1) is 0 Å². The van der Waals surface area contributed by atoms with Crippen molar-refractivity contribution in [1.82, 2.24) is 5.32 Å². The first-order chi connectivity index (χ1) is 8.95. The molecule has 19 heavy (non-hydrogen) atoms. The summed E-state index contributed by atoms with van der Waals surface area (Å²) in [5, 5.41) is 13.2. The average Bonchev–Trinajstić information content (AvgIpc) is 2.38. The highest BCUT2D eigenvalue weighted by Gasteiger charge is 2.11. The third-order valence-corrected chi connectivity index (χ3v) is 3.96. The van der Waals surface area contributed by atoms with Crippen molar-refractivity contribution in [2.75, 3.05) is 13.7 Å². The molecular weight excluding hydrogens is 306 g/mol. The molecule has 1 aromatic carbocycles. The Labute approximate surface area is 124 Å². The number of aliphatic hydroxyl groups is 1. The van der Waals surface area contributed by atoms with E-state index in [0.29, 0.717) is 5.92 Å². The Morgan fingerprint density at radius 3 is 2.53 bits per heavy atom. The highest BCUT2D eigenvalue weighted by Crippen LogP contribution is 2.27. The lowest BCUT2D eigenvalue weighted by Gasteiger charge is -2.18. The van der Waals surface area contributed by atoms with Gasteiger partial charge in [0.25, 0.3) is 0 Å². The zero-order valence-electron chi connectivity index (χ0n) is 12.1. The van der Waals surface area contributed by atoms with E-state index in [1.54, 1.807) is 7.11 Å². The molecule has 0 bridgehead atoms. The molecule has 0 aliphatic rings. The second-order valence-electron chi connectivity index (χ2n) is 5.17. The van der Waals surface area contributed by atoms with Crippen molar-refractivity contribution in [3.05, 3.63) is 28.2 Å². The molecule has 0 saturated carbocycles. The molecular formula is C15H24BrNO2. The van der Waals surface area contributed by atoms with Crippen LogP contribution in [-0.4, -0.2) is 24.9 Å². The molecule has 2 unspecified atom stereocenters. The molecule has 0 radical (unpaired) electrons. The lowest BCUT2D eigenvalue weighted by molar-refractivity contribution is 0.115. The molecule has 0 spiro atoms. The van der Waals surface area contributed by atoms with Gasteiger partial charge >= 0.3 is 0 Å². The van der Waals surface area contributed by atoms with Crippen LogP contribution in [-0.2, 0) is 0 Å². The summed E-state index contributed by atoms with van der Waals surface area (Å²) in [4.78, 5) is 0. The monoisotopic (exact) mass is 329 g/mol. The summed E-state index contributed by atoms with van der Waals surface area (Å²) in [5.41, 5.74) is 1.20. The third kappa shape index (κ3) is 5.13. The molecule has 3 nitrogen and oxygen atoms in total. The Hall–Kier alpha value is -0.580. The largest absolute Gasteiger partial charge is 0.496 e. The van der Waals surface area contributed by atoms with Crippen LogP contribution in [0.5, 0.6) is 5.75 Å². The number of nitrogens with one attached hydrogen (secondary N) is 1. The summed E-state index contributed by atoms with van der Waals surface area (Å²) in [7, 11) is 1.66. The van der Waals surface area contributed by atoms with Gasteiger partial charge in [0.05, 0.1) is 17.7 Å². The molecule has 0 aliphatic carbocycles. The van der Waals surface area contributed by atoms with Crippen LogP contribution in [0.1, 0.15) is 38.8 Å². The van der Waals surface area contributed by atoms with Gasteiger partial charge in [0.1, 0.15) is 5.75 Å². The van der Waals surface area contributed by atoms with Crippen molar-refractivity contribution in [3.8, 4) is 5.75 Å². The van der Waals surface area contributed by atoms with Gasteiger partial charge in [0.15, 0.2) is 0 Å². The fourth-order valence-electron chi connectivity index (χ4n) is 1.85. The van der Waals surface area contributed by atoms with E-state index in [-0.39, 0.29) is 12.1 Å². The standard InChI is InChI=1S/C15H24BrNO2/c1-10(2)14(18)7-8-17-11(3)12-5-6-15(19-4)13(16)9-12/h5-6,9-11,14,17-18H,7-8H2,1-4H3. The summed E-state index contributed by atoms with van der Waals surface area (Å²) in [6.07, 6.45) is 0.543. The predicted molar refractivity (Wildman–Crippen MR) is 82.6 cm³/mol. The maximum atomic E-state index is 9.76. The van der Waals surface area contributed by atoms with Crippen molar-refractivity contribution in [2.24, 2.45) is 5.92 Å². The smallest absolute Gasteiger partial charge is 0.133 e. The van der Waals surface area contributed by atoms with E-state index in [4.69, 9.17) is 4.74 Å². The van der Waals surface area contributed by atoms with E-state index in [1.165, 1.54) is 5.56 Å².